The van der Waals surface area contributed by atoms with Crippen molar-refractivity contribution < 1.29 is 14.3 Å². The summed E-state index contributed by atoms with van der Waals surface area (Å²) < 4.78 is 5.73. The molecular weight excluding hydrogens is 254 g/mol. The van der Waals surface area contributed by atoms with Crippen molar-refractivity contribution in [2.75, 3.05) is 13.2 Å². The van der Waals surface area contributed by atoms with E-state index in [4.69, 9.17) is 4.74 Å². The maximum atomic E-state index is 12.8. The Morgan fingerprint density at radius 2 is 1.60 bits per heavy atom. The van der Waals surface area contributed by atoms with Gasteiger partial charge < -0.3 is 4.74 Å². The van der Waals surface area contributed by atoms with Crippen molar-refractivity contribution in [3.05, 3.63) is 11.3 Å². The first-order valence-electron chi connectivity index (χ1n) is 7.23. The van der Waals surface area contributed by atoms with Crippen LogP contribution in [-0.2, 0) is 14.3 Å². The van der Waals surface area contributed by atoms with Gasteiger partial charge in [-0.3, -0.25) is 14.5 Å². The van der Waals surface area contributed by atoms with Gasteiger partial charge in [-0.05, 0) is 11.8 Å². The van der Waals surface area contributed by atoms with E-state index in [1.807, 2.05) is 48.5 Å². The van der Waals surface area contributed by atoms with E-state index >= 15 is 0 Å². The normalized spacial score (nSPS) is 18.2. The predicted octanol–water partition coefficient (Wildman–Crippen LogP) is 3.13. The number of amides is 2. The molecular formula is C16H27NO3. The number of carbonyl (C=O) groups is 2. The monoisotopic (exact) mass is 281 g/mol. The minimum atomic E-state index is -0.365. The van der Waals surface area contributed by atoms with E-state index in [2.05, 4.69) is 0 Å². The van der Waals surface area contributed by atoms with Gasteiger partial charge in [0.1, 0.15) is 5.76 Å². The average molecular weight is 281 g/mol. The molecule has 0 unspecified atom stereocenters. The summed E-state index contributed by atoms with van der Waals surface area (Å²) in [5, 5.41) is 0. The van der Waals surface area contributed by atoms with E-state index in [1.165, 1.54) is 4.90 Å². The third-order valence-corrected chi connectivity index (χ3v) is 3.21. The standard InChI is InChI=1S/C16H27NO3/c1-8-9-17-11(18)10-20-13(16(5,6)7)12(14(17)19)15(2,3)4/h8-10H2,1-7H3. The quantitative estimate of drug-likeness (QED) is 0.731. The van der Waals surface area contributed by atoms with E-state index in [-0.39, 0.29) is 29.3 Å². The summed E-state index contributed by atoms with van der Waals surface area (Å²) >= 11 is 0. The van der Waals surface area contributed by atoms with Crippen LogP contribution in [0.1, 0.15) is 54.9 Å². The maximum absolute atomic E-state index is 12.8. The van der Waals surface area contributed by atoms with E-state index in [9.17, 15) is 9.59 Å². The summed E-state index contributed by atoms with van der Waals surface area (Å²) in [7, 11) is 0. The summed E-state index contributed by atoms with van der Waals surface area (Å²) in [6, 6.07) is 0. The van der Waals surface area contributed by atoms with E-state index in [0.29, 0.717) is 17.9 Å². The highest BCUT2D eigenvalue weighted by Gasteiger charge is 2.40. The van der Waals surface area contributed by atoms with Crippen molar-refractivity contribution in [3.63, 3.8) is 0 Å². The molecule has 4 nitrogen and oxygen atoms in total. The molecule has 0 saturated heterocycles. The molecule has 1 rings (SSSR count). The molecule has 0 aromatic rings. The molecule has 0 radical (unpaired) electrons. The molecule has 0 bridgehead atoms. The van der Waals surface area contributed by atoms with Crippen LogP contribution >= 0.6 is 0 Å². The zero-order valence-electron chi connectivity index (χ0n) is 13.8. The summed E-state index contributed by atoms with van der Waals surface area (Å²) in [4.78, 5) is 26.3. The number of allylic oxidation sites excluding steroid dienone is 1. The average Bonchev–Trinajstić information content (AvgIpc) is 2.38. The molecule has 0 fully saturated rings. The van der Waals surface area contributed by atoms with Crippen LogP contribution < -0.4 is 0 Å². The minimum absolute atomic E-state index is 0.0576. The lowest BCUT2D eigenvalue weighted by atomic mass is 9.79. The van der Waals surface area contributed by atoms with Crippen molar-refractivity contribution in [2.45, 2.75) is 54.9 Å². The fraction of sp³-hybridized carbons (Fsp3) is 0.750. The molecule has 114 valence electrons. The SMILES string of the molecule is CCCN1C(=O)COC(C(C)(C)C)=C(C(C)(C)C)C1=O. The van der Waals surface area contributed by atoms with Gasteiger partial charge in [0, 0.05) is 12.0 Å². The van der Waals surface area contributed by atoms with Crippen LogP contribution in [0.4, 0.5) is 0 Å². The Hall–Kier alpha value is -1.32. The molecule has 1 aliphatic rings. The Morgan fingerprint density at radius 1 is 1.05 bits per heavy atom. The first-order chi connectivity index (χ1) is 9.00. The summed E-state index contributed by atoms with van der Waals surface area (Å²) in [6.07, 6.45) is 0.750. The molecule has 0 saturated carbocycles. The Bertz CT molecular complexity index is 436. The van der Waals surface area contributed by atoms with Crippen LogP contribution in [-0.4, -0.2) is 29.9 Å². The van der Waals surface area contributed by atoms with Crippen molar-refractivity contribution in [1.82, 2.24) is 4.90 Å². The largest absolute Gasteiger partial charge is 0.487 e. The predicted molar refractivity (Wildman–Crippen MR) is 78.9 cm³/mol. The van der Waals surface area contributed by atoms with Gasteiger partial charge in [-0.2, -0.15) is 0 Å². The zero-order chi connectivity index (χ0) is 15.7. The van der Waals surface area contributed by atoms with Gasteiger partial charge in [0.05, 0.1) is 5.57 Å². The van der Waals surface area contributed by atoms with Gasteiger partial charge in [-0.25, -0.2) is 0 Å². The Labute approximate surface area is 122 Å². The smallest absolute Gasteiger partial charge is 0.267 e. The van der Waals surface area contributed by atoms with Gasteiger partial charge in [0.15, 0.2) is 6.61 Å². The lowest BCUT2D eigenvalue weighted by molar-refractivity contribution is -0.143. The first kappa shape index (κ1) is 16.7. The molecule has 0 aromatic carbocycles. The molecule has 2 amide bonds. The summed E-state index contributed by atoms with van der Waals surface area (Å²) in [6.45, 7) is 14.3. The molecule has 1 heterocycles. The summed E-state index contributed by atoms with van der Waals surface area (Å²) in [5.41, 5.74) is -0.0545. The molecule has 1 aliphatic heterocycles. The van der Waals surface area contributed by atoms with Crippen LogP contribution in [0.25, 0.3) is 0 Å². The van der Waals surface area contributed by atoms with Gasteiger partial charge in [0.2, 0.25) is 0 Å². The van der Waals surface area contributed by atoms with Crippen LogP contribution in [0.15, 0.2) is 11.3 Å². The molecule has 0 aromatic heterocycles. The first-order valence-corrected chi connectivity index (χ1v) is 7.23. The number of imide groups is 1. The van der Waals surface area contributed by atoms with Gasteiger partial charge >= 0.3 is 0 Å². The highest BCUT2D eigenvalue weighted by atomic mass is 16.5. The van der Waals surface area contributed by atoms with E-state index in [1.54, 1.807) is 0 Å². The molecule has 0 spiro atoms. The second kappa shape index (κ2) is 5.58. The molecule has 0 atom stereocenters. The van der Waals surface area contributed by atoms with Crippen LogP contribution in [0, 0.1) is 10.8 Å². The van der Waals surface area contributed by atoms with Crippen LogP contribution in [0.5, 0.6) is 0 Å². The number of rotatable bonds is 2. The van der Waals surface area contributed by atoms with E-state index in [0.717, 1.165) is 6.42 Å². The fourth-order valence-electron chi connectivity index (χ4n) is 2.33. The third kappa shape index (κ3) is 3.41. The second-order valence-electron chi connectivity index (χ2n) is 7.34. The zero-order valence-corrected chi connectivity index (χ0v) is 13.8. The number of carbonyl (C=O) groups excluding carboxylic acids is 2. The van der Waals surface area contributed by atoms with Crippen LogP contribution in [0.3, 0.4) is 0 Å². The molecule has 0 N–H and O–H groups in total. The topological polar surface area (TPSA) is 46.6 Å². The molecule has 20 heavy (non-hydrogen) atoms. The van der Waals surface area contributed by atoms with Gasteiger partial charge in [-0.1, -0.05) is 48.5 Å². The van der Waals surface area contributed by atoms with Gasteiger partial charge in [-0.15, -0.1) is 0 Å². The Balaban J connectivity index is 3.44. The van der Waals surface area contributed by atoms with Crippen LogP contribution in [0.2, 0.25) is 0 Å². The Morgan fingerprint density at radius 3 is 2.00 bits per heavy atom. The lowest BCUT2D eigenvalue weighted by Crippen LogP contribution is -2.41. The maximum Gasteiger partial charge on any atom is 0.267 e. The van der Waals surface area contributed by atoms with Crippen molar-refractivity contribution in [2.24, 2.45) is 10.8 Å². The van der Waals surface area contributed by atoms with E-state index < -0.39 is 0 Å². The summed E-state index contributed by atoms with van der Waals surface area (Å²) in [5.74, 6) is 0.187. The molecule has 4 heteroatoms. The number of hydrogen-bond donors (Lipinski definition) is 0. The number of hydrogen-bond acceptors (Lipinski definition) is 3. The fourth-order valence-corrected chi connectivity index (χ4v) is 2.33. The van der Waals surface area contributed by atoms with Gasteiger partial charge in [0.25, 0.3) is 11.8 Å². The Kier molecular flexibility index (Phi) is 4.67. The third-order valence-electron chi connectivity index (χ3n) is 3.21. The second-order valence-corrected chi connectivity index (χ2v) is 7.34. The highest BCUT2D eigenvalue weighted by molar-refractivity contribution is 6.06. The lowest BCUT2D eigenvalue weighted by Gasteiger charge is -2.31. The minimum Gasteiger partial charge on any atom is -0.487 e. The number of ether oxygens (including phenoxy) is 1. The number of nitrogens with zero attached hydrogens (tertiary/aromatic N) is 1. The van der Waals surface area contributed by atoms with Crippen molar-refractivity contribution in [3.8, 4) is 0 Å². The molecule has 0 aliphatic carbocycles. The van der Waals surface area contributed by atoms with Crippen molar-refractivity contribution >= 4 is 11.8 Å². The van der Waals surface area contributed by atoms with Crippen molar-refractivity contribution in [1.29, 1.82) is 0 Å². The highest BCUT2D eigenvalue weighted by Crippen LogP contribution is 2.39.